The molecule has 0 saturated carbocycles. The lowest BCUT2D eigenvalue weighted by Gasteiger charge is -2.12. The fourth-order valence-corrected chi connectivity index (χ4v) is 2.53. The van der Waals surface area contributed by atoms with Crippen LogP contribution in [0.25, 0.3) is 21.5 Å². The highest BCUT2D eigenvalue weighted by Gasteiger charge is 2.13. The molecule has 3 aromatic rings. The molecule has 0 saturated heterocycles. The van der Waals surface area contributed by atoms with Crippen molar-refractivity contribution in [3.05, 3.63) is 53.6 Å². The number of hydrogen-bond acceptors (Lipinski definition) is 3. The smallest absolute Gasteiger partial charge is 0.437 e. The molecule has 0 heterocycles. The average molecular weight is 280 g/mol. The molecule has 0 aliphatic rings. The van der Waals surface area contributed by atoms with E-state index >= 15 is 0 Å². The lowest BCUT2D eigenvalue weighted by molar-refractivity contribution is 0.122. The van der Waals surface area contributed by atoms with E-state index in [0.717, 1.165) is 32.7 Å². The molecule has 21 heavy (non-hydrogen) atoms. The van der Waals surface area contributed by atoms with Crippen LogP contribution in [0.15, 0.2) is 42.5 Å². The van der Waals surface area contributed by atoms with Gasteiger partial charge in [0.15, 0.2) is 0 Å². The number of rotatable bonds is 1. The molecule has 3 aromatic carbocycles. The summed E-state index contributed by atoms with van der Waals surface area (Å²) in [5, 5.41) is 3.91. The van der Waals surface area contributed by atoms with Crippen LogP contribution in [-0.2, 0) is 4.74 Å². The Kier molecular flexibility index (Phi) is 3.26. The van der Waals surface area contributed by atoms with E-state index in [9.17, 15) is 4.79 Å². The zero-order valence-corrected chi connectivity index (χ0v) is 12.3. The van der Waals surface area contributed by atoms with Crippen molar-refractivity contribution in [2.24, 2.45) is 0 Å². The number of aryl methyl sites for hydroxylation is 2. The molecule has 0 fully saturated rings. The van der Waals surface area contributed by atoms with Gasteiger partial charge in [0, 0.05) is 10.8 Å². The highest BCUT2D eigenvalue weighted by Crippen LogP contribution is 2.36. The molecule has 3 heteroatoms. The van der Waals surface area contributed by atoms with Gasteiger partial charge in [-0.1, -0.05) is 35.4 Å². The van der Waals surface area contributed by atoms with E-state index in [1.54, 1.807) is 0 Å². The number of benzene rings is 3. The number of carbonyl (C=O) groups is 1. The topological polar surface area (TPSA) is 35.5 Å². The number of fused-ring (bicyclic) bond motifs is 2. The Morgan fingerprint density at radius 3 is 1.86 bits per heavy atom. The minimum atomic E-state index is -0.702. The highest BCUT2D eigenvalue weighted by molar-refractivity contribution is 6.06. The van der Waals surface area contributed by atoms with Gasteiger partial charge in [0.25, 0.3) is 0 Å². The normalized spacial score (nSPS) is 10.8. The molecule has 0 aliphatic heterocycles. The predicted molar refractivity (Wildman–Crippen MR) is 84.0 cm³/mol. The lowest BCUT2D eigenvalue weighted by Crippen LogP contribution is -2.08. The van der Waals surface area contributed by atoms with Gasteiger partial charge in [-0.15, -0.1) is 0 Å². The minimum absolute atomic E-state index is 0.557. The Balaban J connectivity index is 2.40. The number of methoxy groups -OCH3 is 1. The quantitative estimate of drug-likeness (QED) is 0.366. The highest BCUT2D eigenvalue weighted by atomic mass is 16.7. The van der Waals surface area contributed by atoms with Crippen LogP contribution in [-0.4, -0.2) is 13.3 Å². The first-order chi connectivity index (χ1) is 10.1. The maximum atomic E-state index is 11.6. The van der Waals surface area contributed by atoms with Crippen LogP contribution < -0.4 is 4.74 Å². The van der Waals surface area contributed by atoms with E-state index < -0.39 is 6.16 Å². The van der Waals surface area contributed by atoms with E-state index in [1.165, 1.54) is 7.11 Å². The summed E-state index contributed by atoms with van der Waals surface area (Å²) < 4.78 is 10.1. The van der Waals surface area contributed by atoms with Crippen molar-refractivity contribution in [1.82, 2.24) is 0 Å². The zero-order chi connectivity index (χ0) is 15.0. The second-order valence-electron chi connectivity index (χ2n) is 5.21. The molecular formula is C18H16O3. The fraction of sp³-hybridized carbons (Fsp3) is 0.167. The maximum Gasteiger partial charge on any atom is 0.513 e. The molecule has 0 N–H and O–H groups in total. The second-order valence-corrected chi connectivity index (χ2v) is 5.21. The Bertz CT molecular complexity index is 790. The van der Waals surface area contributed by atoms with Gasteiger partial charge in [0.05, 0.1) is 7.11 Å². The molecule has 0 aromatic heterocycles. The van der Waals surface area contributed by atoms with Crippen molar-refractivity contribution >= 4 is 27.7 Å². The Morgan fingerprint density at radius 2 is 1.38 bits per heavy atom. The van der Waals surface area contributed by atoms with Crippen molar-refractivity contribution in [3.63, 3.8) is 0 Å². The largest absolute Gasteiger partial charge is 0.513 e. The van der Waals surface area contributed by atoms with Crippen molar-refractivity contribution in [2.45, 2.75) is 13.8 Å². The van der Waals surface area contributed by atoms with Gasteiger partial charge < -0.3 is 9.47 Å². The van der Waals surface area contributed by atoms with Gasteiger partial charge in [-0.2, -0.15) is 0 Å². The van der Waals surface area contributed by atoms with E-state index in [2.05, 4.69) is 10.8 Å². The molecule has 0 radical (unpaired) electrons. The second kappa shape index (κ2) is 5.09. The molecule has 0 aliphatic carbocycles. The van der Waals surface area contributed by atoms with Gasteiger partial charge in [0.1, 0.15) is 5.75 Å². The molecule has 0 spiro atoms. The van der Waals surface area contributed by atoms with Crippen LogP contribution >= 0.6 is 0 Å². The van der Waals surface area contributed by atoms with E-state index in [1.807, 2.05) is 50.2 Å². The van der Waals surface area contributed by atoms with E-state index in [-0.39, 0.29) is 0 Å². The molecule has 0 bridgehead atoms. The molecule has 0 amide bonds. The molecule has 0 unspecified atom stereocenters. The monoisotopic (exact) mass is 280 g/mol. The Labute approximate surface area is 123 Å². The minimum Gasteiger partial charge on any atom is -0.437 e. The number of carbonyl (C=O) groups excluding carboxylic acids is 1. The number of ether oxygens (including phenoxy) is 2. The van der Waals surface area contributed by atoms with Gasteiger partial charge in [-0.3, -0.25) is 0 Å². The van der Waals surface area contributed by atoms with Gasteiger partial charge in [0.2, 0.25) is 0 Å². The third-order valence-corrected chi connectivity index (χ3v) is 3.57. The molecule has 3 nitrogen and oxygen atoms in total. The first-order valence-electron chi connectivity index (χ1n) is 6.78. The first-order valence-corrected chi connectivity index (χ1v) is 6.78. The van der Waals surface area contributed by atoms with Crippen LogP contribution in [0.2, 0.25) is 0 Å². The Hall–Kier alpha value is -2.55. The summed E-state index contributed by atoms with van der Waals surface area (Å²) in [6.07, 6.45) is -0.702. The van der Waals surface area contributed by atoms with Crippen molar-refractivity contribution in [1.29, 1.82) is 0 Å². The summed E-state index contributed by atoms with van der Waals surface area (Å²) >= 11 is 0. The Morgan fingerprint density at radius 1 is 0.857 bits per heavy atom. The summed E-state index contributed by atoms with van der Waals surface area (Å²) in [7, 11) is 1.31. The van der Waals surface area contributed by atoms with Crippen LogP contribution in [0.4, 0.5) is 4.79 Å². The summed E-state index contributed by atoms with van der Waals surface area (Å²) in [6.45, 7) is 4.03. The molecule has 106 valence electrons. The fourth-order valence-electron chi connectivity index (χ4n) is 2.53. The first kappa shape index (κ1) is 13.4. The van der Waals surface area contributed by atoms with E-state index in [4.69, 9.17) is 4.74 Å². The third kappa shape index (κ3) is 2.42. The predicted octanol–water partition coefficient (Wildman–Crippen LogP) is 4.76. The maximum absolute atomic E-state index is 11.6. The zero-order valence-electron chi connectivity index (χ0n) is 12.3. The van der Waals surface area contributed by atoms with Crippen LogP contribution in [0.3, 0.4) is 0 Å². The van der Waals surface area contributed by atoms with Crippen LogP contribution in [0, 0.1) is 13.8 Å². The van der Waals surface area contributed by atoms with Crippen molar-refractivity contribution in [2.75, 3.05) is 7.11 Å². The molecule has 0 atom stereocenters. The van der Waals surface area contributed by atoms with Crippen LogP contribution in [0.1, 0.15) is 11.1 Å². The summed E-state index contributed by atoms with van der Waals surface area (Å²) in [4.78, 5) is 11.6. The van der Waals surface area contributed by atoms with Gasteiger partial charge in [-0.05, 0) is 42.8 Å². The average Bonchev–Trinajstić information content (AvgIpc) is 2.48. The summed E-state index contributed by atoms with van der Waals surface area (Å²) in [5.41, 5.74) is 2.23. The molecular weight excluding hydrogens is 264 g/mol. The van der Waals surface area contributed by atoms with Gasteiger partial charge in [-0.25, -0.2) is 4.79 Å². The standard InChI is InChI=1S/C18H16O3/c1-11-4-6-13-10-14-7-5-12(2)9-16(14)17(15(13)8-11)21-18(19)20-3/h4-10H,1-3H3. The van der Waals surface area contributed by atoms with Crippen molar-refractivity contribution < 1.29 is 14.3 Å². The van der Waals surface area contributed by atoms with Crippen molar-refractivity contribution in [3.8, 4) is 5.75 Å². The van der Waals surface area contributed by atoms with Crippen LogP contribution in [0.5, 0.6) is 5.75 Å². The molecule has 3 rings (SSSR count). The lowest BCUT2D eigenvalue weighted by atomic mass is 9.99. The summed E-state index contributed by atoms with van der Waals surface area (Å²) in [6, 6.07) is 14.3. The van der Waals surface area contributed by atoms with Gasteiger partial charge >= 0.3 is 6.16 Å². The SMILES string of the molecule is COC(=O)Oc1c2cc(C)ccc2cc2ccc(C)cc12. The van der Waals surface area contributed by atoms with E-state index in [0.29, 0.717) is 5.75 Å². The number of hydrogen-bond donors (Lipinski definition) is 0. The third-order valence-electron chi connectivity index (χ3n) is 3.57. The summed E-state index contributed by atoms with van der Waals surface area (Å²) in [5.74, 6) is 0.557.